The van der Waals surface area contributed by atoms with Crippen LogP contribution in [-0.4, -0.2) is 74.4 Å². The van der Waals surface area contributed by atoms with Crippen molar-refractivity contribution < 1.29 is 19.2 Å². The van der Waals surface area contributed by atoms with Crippen molar-refractivity contribution in [2.45, 2.75) is 107 Å². The van der Waals surface area contributed by atoms with Gasteiger partial charge in [0.15, 0.2) is 0 Å². The summed E-state index contributed by atoms with van der Waals surface area (Å²) in [5.74, 6) is 1.06. The molecule has 5 amide bonds. The van der Waals surface area contributed by atoms with E-state index < -0.39 is 0 Å². The summed E-state index contributed by atoms with van der Waals surface area (Å²) in [6, 6.07) is 0.104. The molecular weight excluding hydrogens is 532 g/mol. The van der Waals surface area contributed by atoms with Gasteiger partial charge in [-0.2, -0.15) is 11.8 Å². The zero-order valence-corrected chi connectivity index (χ0v) is 24.7. The highest BCUT2D eigenvalue weighted by molar-refractivity contribution is 8.00. The van der Waals surface area contributed by atoms with Crippen molar-refractivity contribution in [3.8, 4) is 0 Å². The van der Waals surface area contributed by atoms with E-state index in [1.807, 2.05) is 11.8 Å². The molecule has 224 valence electrons. The molecule has 1 unspecified atom stereocenters. The summed E-state index contributed by atoms with van der Waals surface area (Å²) in [5, 5.41) is 23.0. The second kappa shape index (κ2) is 16.4. The van der Waals surface area contributed by atoms with E-state index in [1.54, 1.807) is 17.9 Å². The van der Waals surface area contributed by atoms with Gasteiger partial charge in [-0.25, -0.2) is 4.79 Å². The lowest BCUT2D eigenvalue weighted by molar-refractivity contribution is -0.122. The fourth-order valence-electron chi connectivity index (χ4n) is 5.12. The number of rotatable bonds is 19. The zero-order valence-electron chi connectivity index (χ0n) is 23.9. The molecule has 40 heavy (non-hydrogen) atoms. The Hall–Kier alpha value is -2.83. The number of carbonyl (C=O) groups excluding carboxylic acids is 4. The number of aryl methyl sites for hydroxylation is 1. The number of carbonyl (C=O) groups is 4. The number of hydrogen-bond acceptors (Lipinski definition) is 7. The topological polar surface area (TPSA) is 159 Å². The molecule has 0 aromatic carbocycles. The highest BCUT2D eigenvalue weighted by atomic mass is 32.2. The maximum absolute atomic E-state index is 12.1. The highest BCUT2D eigenvalue weighted by Gasteiger charge is 2.51. The average molecular weight is 579 g/mol. The summed E-state index contributed by atoms with van der Waals surface area (Å²) in [7, 11) is 1.78. The van der Waals surface area contributed by atoms with Gasteiger partial charge in [-0.15, -0.1) is 5.10 Å². The van der Waals surface area contributed by atoms with E-state index in [2.05, 4.69) is 43.8 Å². The number of nitrogens with zero attached hydrogens (tertiary/aromatic N) is 3. The maximum atomic E-state index is 12.1. The summed E-state index contributed by atoms with van der Waals surface area (Å²) in [6.45, 7) is 3.75. The summed E-state index contributed by atoms with van der Waals surface area (Å²) in [5.41, 5.74) is 0.586. The van der Waals surface area contributed by atoms with Crippen LogP contribution in [0.3, 0.4) is 0 Å². The van der Waals surface area contributed by atoms with Crippen LogP contribution < -0.4 is 26.6 Å². The van der Waals surface area contributed by atoms with E-state index in [0.29, 0.717) is 44.1 Å². The van der Waals surface area contributed by atoms with Crippen LogP contribution in [-0.2, 0) is 28.0 Å². The minimum Gasteiger partial charge on any atom is -0.356 e. The second-order valence-electron chi connectivity index (χ2n) is 11.1. The second-order valence-corrected chi connectivity index (χ2v) is 12.3. The first kappa shape index (κ1) is 31.7. The predicted octanol–water partition coefficient (Wildman–Crippen LogP) is 1.90. The Kier molecular flexibility index (Phi) is 13.0. The number of nitrogens with one attached hydrogen (secondary N) is 5. The lowest BCUT2D eigenvalue weighted by Crippen LogP contribution is -2.47. The van der Waals surface area contributed by atoms with Crippen LogP contribution in [0.1, 0.15) is 89.7 Å². The molecule has 2 aliphatic heterocycles. The molecule has 13 heteroatoms. The van der Waals surface area contributed by atoms with Crippen molar-refractivity contribution in [1.82, 2.24) is 41.6 Å². The standard InChI is InChI=1S/C27H46N8O4S/c1-27-19-40-21(25(27)31-26(39)32-27)11-7-8-14-23(37)29-16-9-3-5-12-22(36)28-15-10-4-6-13-24(38)30-17-20-18-35(2)34-33-20/h18,21,25H,3-17,19H2,1-2H3,(H,28,36)(H,29,37)(H,30,38)(H2,31,32,39)/t21?,25-,27+/m1/s1. The van der Waals surface area contributed by atoms with Crippen LogP contribution in [0, 0.1) is 0 Å². The van der Waals surface area contributed by atoms with Gasteiger partial charge < -0.3 is 26.6 Å². The molecule has 2 aliphatic rings. The minimum absolute atomic E-state index is 0.00361. The van der Waals surface area contributed by atoms with E-state index >= 15 is 0 Å². The van der Waals surface area contributed by atoms with E-state index in [1.165, 1.54) is 0 Å². The van der Waals surface area contributed by atoms with Crippen molar-refractivity contribution in [3.05, 3.63) is 11.9 Å². The number of fused-ring (bicyclic) bond motifs is 1. The molecule has 1 aromatic rings. The normalized spacial score (nSPS) is 21.4. The Morgan fingerprint density at radius 3 is 2.15 bits per heavy atom. The average Bonchev–Trinajstić information content (AvgIpc) is 3.56. The van der Waals surface area contributed by atoms with Gasteiger partial charge in [-0.3, -0.25) is 19.1 Å². The summed E-state index contributed by atoms with van der Waals surface area (Å²) in [4.78, 5) is 47.6. The van der Waals surface area contributed by atoms with E-state index in [-0.39, 0.29) is 35.3 Å². The minimum atomic E-state index is -0.148. The van der Waals surface area contributed by atoms with Crippen molar-refractivity contribution in [2.24, 2.45) is 7.05 Å². The largest absolute Gasteiger partial charge is 0.356 e. The molecular formula is C27H46N8O4S. The molecule has 12 nitrogen and oxygen atoms in total. The van der Waals surface area contributed by atoms with Gasteiger partial charge in [-0.05, 0) is 45.4 Å². The Bertz CT molecular complexity index is 989. The van der Waals surface area contributed by atoms with Crippen molar-refractivity contribution in [1.29, 1.82) is 0 Å². The van der Waals surface area contributed by atoms with Gasteiger partial charge in [0.05, 0.1) is 18.1 Å². The van der Waals surface area contributed by atoms with Crippen LogP contribution in [0.15, 0.2) is 6.20 Å². The number of aromatic nitrogens is 3. The predicted molar refractivity (Wildman–Crippen MR) is 154 cm³/mol. The molecule has 0 radical (unpaired) electrons. The molecule has 3 atom stereocenters. The van der Waals surface area contributed by atoms with Crippen LogP contribution in [0.2, 0.25) is 0 Å². The van der Waals surface area contributed by atoms with Gasteiger partial charge in [-0.1, -0.05) is 24.5 Å². The van der Waals surface area contributed by atoms with Crippen LogP contribution >= 0.6 is 11.8 Å². The monoisotopic (exact) mass is 578 g/mol. The van der Waals surface area contributed by atoms with E-state index in [4.69, 9.17) is 0 Å². The van der Waals surface area contributed by atoms with Crippen molar-refractivity contribution >= 4 is 35.5 Å². The fraction of sp³-hybridized carbons (Fsp3) is 0.778. The molecule has 0 spiro atoms. The third kappa shape index (κ3) is 11.0. The SMILES string of the molecule is Cn1cc(CNC(=O)CCCCCNC(=O)CCCCCNC(=O)CCCCC2SC[C@]3(C)NC(=O)N[C@H]23)nn1. The maximum Gasteiger partial charge on any atom is 0.315 e. The summed E-state index contributed by atoms with van der Waals surface area (Å²) < 4.78 is 1.60. The Morgan fingerprint density at radius 2 is 1.55 bits per heavy atom. The summed E-state index contributed by atoms with van der Waals surface area (Å²) in [6.07, 6.45) is 11.2. The van der Waals surface area contributed by atoms with Crippen molar-refractivity contribution in [3.63, 3.8) is 0 Å². The Balaban J connectivity index is 1.06. The van der Waals surface area contributed by atoms with Gasteiger partial charge in [0.2, 0.25) is 17.7 Å². The quantitative estimate of drug-likeness (QED) is 0.124. The first-order valence-electron chi connectivity index (χ1n) is 14.6. The van der Waals surface area contributed by atoms with Gasteiger partial charge in [0.25, 0.3) is 0 Å². The molecule has 0 saturated carbocycles. The third-order valence-electron chi connectivity index (χ3n) is 7.41. The third-order valence-corrected chi connectivity index (χ3v) is 9.11. The molecule has 5 N–H and O–H groups in total. The van der Waals surface area contributed by atoms with Crippen molar-refractivity contribution in [2.75, 3.05) is 18.8 Å². The Morgan fingerprint density at radius 1 is 0.950 bits per heavy atom. The molecule has 1 aromatic heterocycles. The van der Waals surface area contributed by atoms with E-state index in [9.17, 15) is 19.2 Å². The molecule has 3 heterocycles. The number of amides is 5. The summed E-state index contributed by atoms with van der Waals surface area (Å²) >= 11 is 1.90. The fourth-order valence-corrected chi connectivity index (χ4v) is 6.83. The van der Waals surface area contributed by atoms with E-state index in [0.717, 1.165) is 69.2 Å². The first-order valence-corrected chi connectivity index (χ1v) is 15.7. The molecule has 3 rings (SSSR count). The Labute approximate surface area is 241 Å². The van der Waals surface area contributed by atoms with Gasteiger partial charge in [0, 0.05) is 56.6 Å². The molecule has 0 aliphatic carbocycles. The lowest BCUT2D eigenvalue weighted by atomic mass is 9.92. The lowest BCUT2D eigenvalue weighted by Gasteiger charge is -2.23. The number of unbranched alkanes of at least 4 members (excludes halogenated alkanes) is 5. The molecule has 0 bridgehead atoms. The van der Waals surface area contributed by atoms with Gasteiger partial charge >= 0.3 is 6.03 Å². The molecule has 2 saturated heterocycles. The number of thioether (sulfide) groups is 1. The highest BCUT2D eigenvalue weighted by Crippen LogP contribution is 2.39. The van der Waals surface area contributed by atoms with Gasteiger partial charge in [0.1, 0.15) is 5.69 Å². The van der Waals surface area contributed by atoms with Crippen LogP contribution in [0.5, 0.6) is 0 Å². The smallest absolute Gasteiger partial charge is 0.315 e. The van der Waals surface area contributed by atoms with Crippen LogP contribution in [0.25, 0.3) is 0 Å². The zero-order chi connectivity index (χ0) is 28.8. The van der Waals surface area contributed by atoms with Crippen LogP contribution in [0.4, 0.5) is 4.79 Å². The number of hydrogen-bond donors (Lipinski definition) is 5. The number of urea groups is 1. The molecule has 2 fully saturated rings. The first-order chi connectivity index (χ1) is 19.2.